The van der Waals surface area contributed by atoms with Gasteiger partial charge in [0.1, 0.15) is 5.52 Å². The Kier molecular flexibility index (Phi) is 11.2. The number of carboxylic acid groups (broad SMARTS) is 1. The van der Waals surface area contributed by atoms with Gasteiger partial charge in [0.2, 0.25) is 0 Å². The van der Waals surface area contributed by atoms with Gasteiger partial charge in [-0.1, -0.05) is 27.7 Å². The van der Waals surface area contributed by atoms with E-state index in [2.05, 4.69) is 36.1 Å². The monoisotopic (exact) mass is 586 g/mol. The Labute approximate surface area is 280 Å². The number of H-pyrrole nitrogens is 1. The van der Waals surface area contributed by atoms with Crippen molar-refractivity contribution in [3.8, 4) is 0 Å². The van der Waals surface area contributed by atoms with Gasteiger partial charge in [-0.3, -0.25) is 4.79 Å². The van der Waals surface area contributed by atoms with Crippen molar-refractivity contribution in [2.24, 2.45) is 23.7 Å². The van der Waals surface area contributed by atoms with E-state index in [1.807, 2.05) is 13.0 Å². The fourth-order valence-electron chi connectivity index (χ4n) is 6.26. The average molecular weight is 587 g/mol. The minimum Gasteiger partial charge on any atom is -0.545 e. The summed E-state index contributed by atoms with van der Waals surface area (Å²) < 4.78 is 19.5. The predicted octanol–water partition coefficient (Wildman–Crippen LogP) is 3.43. The maximum Gasteiger partial charge on any atom is 2.00 e. The van der Waals surface area contributed by atoms with E-state index >= 15 is 0 Å². The van der Waals surface area contributed by atoms with Crippen LogP contribution in [0.5, 0.6) is 0 Å². The third kappa shape index (κ3) is 6.28. The van der Waals surface area contributed by atoms with Gasteiger partial charge in [0.15, 0.2) is 23.0 Å². The SMILES string of the molecule is CNc1ccc2oc(CC3OC4(CCC3C)OC(C(C)C(=O)c3ccc[nH]3)C(C)CC4C)nc2c1C(=O)[O-].[Ca+2].[Mg+2]. The van der Waals surface area contributed by atoms with E-state index in [4.69, 9.17) is 13.9 Å². The number of hydrogen-bond acceptors (Lipinski definition) is 8. The third-order valence-corrected chi connectivity index (χ3v) is 8.53. The van der Waals surface area contributed by atoms with Crippen molar-refractivity contribution >= 4 is 89.3 Å². The molecule has 2 saturated heterocycles. The second-order valence-electron chi connectivity index (χ2n) is 11.1. The predicted molar refractivity (Wildman–Crippen MR) is 151 cm³/mol. The summed E-state index contributed by atoms with van der Waals surface area (Å²) in [4.78, 5) is 32.5. The maximum atomic E-state index is 13.1. The van der Waals surface area contributed by atoms with Crippen LogP contribution in [-0.2, 0) is 15.9 Å². The van der Waals surface area contributed by atoms with Crippen molar-refractivity contribution in [1.29, 1.82) is 0 Å². The zero-order valence-electron chi connectivity index (χ0n) is 24.0. The molecule has 0 saturated carbocycles. The summed E-state index contributed by atoms with van der Waals surface area (Å²) in [6, 6.07) is 6.97. The van der Waals surface area contributed by atoms with E-state index in [0.29, 0.717) is 29.3 Å². The summed E-state index contributed by atoms with van der Waals surface area (Å²) in [6.07, 6.45) is 4.15. The van der Waals surface area contributed by atoms with Crippen molar-refractivity contribution in [2.45, 2.75) is 71.4 Å². The number of aromatic amines is 1. The third-order valence-electron chi connectivity index (χ3n) is 8.53. The zero-order chi connectivity index (χ0) is 27.2. The molecule has 4 heterocycles. The number of hydrogen-bond donors (Lipinski definition) is 2. The number of carbonyl (C=O) groups excluding carboxylic acids is 2. The molecule has 7 atom stereocenters. The number of ether oxygens (including phenoxy) is 2. The van der Waals surface area contributed by atoms with Crippen LogP contribution in [0.25, 0.3) is 11.1 Å². The molecule has 5 rings (SSSR count). The van der Waals surface area contributed by atoms with E-state index in [1.54, 1.807) is 31.4 Å². The van der Waals surface area contributed by atoms with Crippen molar-refractivity contribution < 1.29 is 28.6 Å². The van der Waals surface area contributed by atoms with Crippen LogP contribution in [0.1, 0.15) is 73.7 Å². The number of oxazole rings is 1. The van der Waals surface area contributed by atoms with Crippen molar-refractivity contribution in [1.82, 2.24) is 9.97 Å². The molecule has 0 radical (unpaired) electrons. The molecule has 9 nitrogen and oxygen atoms in total. The van der Waals surface area contributed by atoms with E-state index in [1.165, 1.54) is 0 Å². The molecular formula is C29H36CaMgN3O6+3. The minimum absolute atomic E-state index is 0. The minimum atomic E-state index is -1.31. The largest absolute Gasteiger partial charge is 2.00 e. The first kappa shape index (κ1) is 33.4. The normalized spacial score (nSPS) is 28.9. The van der Waals surface area contributed by atoms with Crippen LogP contribution in [-0.4, -0.2) is 108 Å². The van der Waals surface area contributed by atoms with Gasteiger partial charge >= 0.3 is 60.8 Å². The molecule has 1 spiro atoms. The standard InChI is InChI=1S/C29H37N3O6.Ca.Mg/c1-15-10-11-29(17(3)13-16(2)27(38-29)18(4)26(33)20-7-6-12-31-20)37-22(15)14-23-32-25-21(36-23)9-8-19(30-5)24(25)28(34)35;;/h6-9,12,15-18,22,27,30-31H,10-11,13-14H2,1-5H3,(H,34,35);;/q;2*+2/p-1. The molecule has 11 heteroatoms. The van der Waals surface area contributed by atoms with Gasteiger partial charge in [-0.25, -0.2) is 4.98 Å². The fourth-order valence-corrected chi connectivity index (χ4v) is 6.26. The number of carboxylic acids is 1. The molecule has 2 aliphatic rings. The number of nitrogens with zero attached hydrogens (tertiary/aromatic N) is 1. The van der Waals surface area contributed by atoms with Crippen LogP contribution in [0.3, 0.4) is 0 Å². The topological polar surface area (TPSA) is 130 Å². The number of rotatable bonds is 7. The number of aromatic nitrogens is 2. The van der Waals surface area contributed by atoms with Gasteiger partial charge in [-0.2, -0.15) is 0 Å². The molecule has 2 N–H and O–H groups in total. The number of aromatic carboxylic acids is 1. The fraction of sp³-hybridized carbons (Fsp3) is 0.552. The van der Waals surface area contributed by atoms with Crippen LogP contribution < -0.4 is 10.4 Å². The van der Waals surface area contributed by atoms with Crippen molar-refractivity contribution in [3.63, 3.8) is 0 Å². The molecule has 0 bridgehead atoms. The second kappa shape index (κ2) is 13.4. The van der Waals surface area contributed by atoms with Gasteiger partial charge in [0.05, 0.1) is 35.9 Å². The quantitative estimate of drug-likeness (QED) is 0.318. The number of fused-ring (bicyclic) bond motifs is 1. The first-order valence-corrected chi connectivity index (χ1v) is 13.5. The summed E-state index contributed by atoms with van der Waals surface area (Å²) in [6.45, 7) is 8.37. The molecule has 2 fully saturated rings. The molecule has 0 amide bonds. The van der Waals surface area contributed by atoms with E-state index in [0.717, 1.165) is 19.3 Å². The van der Waals surface area contributed by atoms with Crippen molar-refractivity contribution in [2.75, 3.05) is 12.4 Å². The molecule has 2 aromatic heterocycles. The Morgan fingerprint density at radius 3 is 2.60 bits per heavy atom. The summed E-state index contributed by atoms with van der Waals surface area (Å²) in [5, 5.41) is 14.7. The maximum absolute atomic E-state index is 13.1. The number of carbonyl (C=O) groups is 2. The Hall–Kier alpha value is -1.14. The Bertz CT molecular complexity index is 1330. The number of Topliss-reactive ketones (excluding diaryl/α,β-unsaturated/α-hetero) is 1. The Balaban J connectivity index is 0.00000220. The summed E-state index contributed by atoms with van der Waals surface area (Å²) in [5.41, 5.74) is 1.65. The number of ketones is 1. The number of anilines is 1. The van der Waals surface area contributed by atoms with Crippen LogP contribution in [0.2, 0.25) is 0 Å². The van der Waals surface area contributed by atoms with Crippen LogP contribution >= 0.6 is 0 Å². The smallest absolute Gasteiger partial charge is 0.545 e. The number of nitrogens with one attached hydrogen (secondary N) is 2. The molecule has 204 valence electrons. The van der Waals surface area contributed by atoms with Crippen LogP contribution in [0.4, 0.5) is 5.69 Å². The van der Waals surface area contributed by atoms with Crippen molar-refractivity contribution in [3.05, 3.63) is 47.6 Å². The summed E-state index contributed by atoms with van der Waals surface area (Å²) >= 11 is 0. The van der Waals surface area contributed by atoms with Gasteiger partial charge in [-0.05, 0) is 48.9 Å². The zero-order valence-corrected chi connectivity index (χ0v) is 27.6. The van der Waals surface area contributed by atoms with Gasteiger partial charge < -0.3 is 34.1 Å². The number of benzene rings is 1. The van der Waals surface area contributed by atoms with Gasteiger partial charge in [0, 0.05) is 37.2 Å². The molecular weight excluding hydrogens is 551 g/mol. The summed E-state index contributed by atoms with van der Waals surface area (Å²) in [7, 11) is 1.65. The summed E-state index contributed by atoms with van der Waals surface area (Å²) in [5.74, 6) is -1.43. The van der Waals surface area contributed by atoms with Crippen LogP contribution in [0.15, 0.2) is 34.9 Å². The second-order valence-corrected chi connectivity index (χ2v) is 11.1. The average Bonchev–Trinajstić information content (AvgIpc) is 3.57. The molecule has 7 unspecified atom stereocenters. The van der Waals surface area contributed by atoms with E-state index in [9.17, 15) is 14.7 Å². The molecule has 40 heavy (non-hydrogen) atoms. The van der Waals surface area contributed by atoms with Gasteiger partial charge in [-0.15, -0.1) is 0 Å². The van der Waals surface area contributed by atoms with E-state index in [-0.39, 0.29) is 114 Å². The van der Waals surface area contributed by atoms with Crippen LogP contribution in [0, 0.1) is 23.7 Å². The molecule has 2 aliphatic heterocycles. The first-order valence-electron chi connectivity index (χ1n) is 13.5. The first-order chi connectivity index (χ1) is 18.1. The molecule has 0 aliphatic carbocycles. The molecule has 1 aromatic carbocycles. The molecule has 3 aromatic rings. The van der Waals surface area contributed by atoms with Gasteiger partial charge in [0.25, 0.3) is 0 Å². The van der Waals surface area contributed by atoms with E-state index < -0.39 is 11.8 Å². The Morgan fingerprint density at radius 1 is 1.20 bits per heavy atom. The Morgan fingerprint density at radius 2 is 1.95 bits per heavy atom.